The molecule has 0 amide bonds. The van der Waals surface area contributed by atoms with Crippen molar-refractivity contribution in [2.24, 2.45) is 0 Å². The highest BCUT2D eigenvalue weighted by Gasteiger charge is 2.28. The molecule has 210 valence electrons. The third-order valence-electron chi connectivity index (χ3n) is 6.61. The Morgan fingerprint density at radius 1 is 0.743 bits per heavy atom. The molecular formula is C27H57NO6P+. The van der Waals surface area contributed by atoms with Crippen molar-refractivity contribution in [1.29, 1.82) is 0 Å². The van der Waals surface area contributed by atoms with E-state index in [1.807, 2.05) is 21.1 Å². The summed E-state index contributed by atoms with van der Waals surface area (Å²) in [6.45, 7) is 3.98. The first-order valence-corrected chi connectivity index (χ1v) is 15.9. The number of hydrogen-bond donors (Lipinski definition) is 1. The Kier molecular flexibility index (Phi) is 18.9. The van der Waals surface area contributed by atoms with E-state index < -0.39 is 7.82 Å². The van der Waals surface area contributed by atoms with E-state index in [1.165, 1.54) is 96.3 Å². The molecule has 1 saturated heterocycles. The van der Waals surface area contributed by atoms with E-state index in [1.54, 1.807) is 0 Å². The number of phosphoric acid groups is 1. The lowest BCUT2D eigenvalue weighted by Crippen LogP contribution is -2.38. The fourth-order valence-electron chi connectivity index (χ4n) is 4.23. The summed E-state index contributed by atoms with van der Waals surface area (Å²) in [7, 11) is 1.93. The van der Waals surface area contributed by atoms with Crippen LogP contribution in [-0.2, 0) is 23.1 Å². The van der Waals surface area contributed by atoms with E-state index in [0.717, 1.165) is 6.42 Å². The number of ether oxygens (including phenoxy) is 2. The van der Waals surface area contributed by atoms with E-state index in [-0.39, 0.29) is 25.4 Å². The third-order valence-corrected chi connectivity index (χ3v) is 7.59. The molecular weight excluding hydrogens is 465 g/mol. The highest BCUT2D eigenvalue weighted by molar-refractivity contribution is 7.47. The number of likely N-dealkylation sites (N-methyl/N-ethyl adjacent to an activating group) is 1. The summed E-state index contributed by atoms with van der Waals surface area (Å²) < 4.78 is 34.4. The molecule has 0 bridgehead atoms. The molecule has 0 saturated carbocycles. The average Bonchev–Trinajstić information content (AvgIpc) is 2.80. The van der Waals surface area contributed by atoms with Crippen LogP contribution in [0.25, 0.3) is 0 Å². The number of quaternary nitrogens is 1. The maximum absolute atomic E-state index is 12.0. The van der Waals surface area contributed by atoms with Crippen molar-refractivity contribution in [2.45, 2.75) is 122 Å². The molecule has 35 heavy (non-hydrogen) atoms. The lowest BCUT2D eigenvalue weighted by atomic mass is 10.0. The lowest BCUT2D eigenvalue weighted by molar-refractivity contribution is -0.870. The Labute approximate surface area is 216 Å². The van der Waals surface area contributed by atoms with Gasteiger partial charge in [0, 0.05) is 0 Å². The SMILES string of the molecule is CCCCCCCCCCCCCCCCC[C@H]1CO[C@H](COP(=O)(O)OCC[N+](C)(C)C)CO1. The maximum Gasteiger partial charge on any atom is 0.472 e. The molecule has 0 aromatic rings. The number of unbranched alkanes of at least 4 members (excludes halogenated alkanes) is 14. The molecule has 1 aliphatic heterocycles. The molecule has 3 atom stereocenters. The third kappa shape index (κ3) is 20.7. The lowest BCUT2D eigenvalue weighted by Gasteiger charge is -2.30. The van der Waals surface area contributed by atoms with E-state index >= 15 is 0 Å². The molecule has 1 unspecified atom stereocenters. The van der Waals surface area contributed by atoms with Crippen LogP contribution in [-0.4, -0.2) is 75.7 Å². The van der Waals surface area contributed by atoms with E-state index in [0.29, 0.717) is 24.2 Å². The van der Waals surface area contributed by atoms with E-state index in [4.69, 9.17) is 18.5 Å². The molecule has 0 radical (unpaired) electrons. The van der Waals surface area contributed by atoms with E-state index in [9.17, 15) is 9.46 Å². The molecule has 0 aromatic heterocycles. The fraction of sp³-hybridized carbons (Fsp3) is 1.00. The van der Waals surface area contributed by atoms with Gasteiger partial charge in [-0.25, -0.2) is 4.57 Å². The quantitative estimate of drug-likeness (QED) is 0.0896. The van der Waals surface area contributed by atoms with Crippen molar-refractivity contribution in [3.8, 4) is 0 Å². The van der Waals surface area contributed by atoms with Crippen LogP contribution in [0, 0.1) is 0 Å². The van der Waals surface area contributed by atoms with Gasteiger partial charge in [0.15, 0.2) is 0 Å². The van der Waals surface area contributed by atoms with Crippen molar-refractivity contribution in [1.82, 2.24) is 0 Å². The number of hydrogen-bond acceptors (Lipinski definition) is 5. The molecule has 0 aliphatic carbocycles. The molecule has 1 fully saturated rings. The first-order chi connectivity index (χ1) is 16.7. The maximum atomic E-state index is 12.0. The monoisotopic (exact) mass is 522 g/mol. The average molecular weight is 523 g/mol. The first kappa shape index (κ1) is 33.0. The standard InChI is InChI=1S/C27H56NO6P/c1-5-6-7-8-9-10-11-12-13-14-15-16-17-18-19-20-26-23-32-27(24-31-26)25-34-35(29,30)33-22-21-28(2,3)4/h26-27H,5-25H2,1-4H3/p+1/t26-,27-/m0/s1. The summed E-state index contributed by atoms with van der Waals surface area (Å²) in [5.74, 6) is 0. The first-order valence-electron chi connectivity index (χ1n) is 14.4. The van der Waals surface area contributed by atoms with Crippen LogP contribution in [0.4, 0.5) is 0 Å². The Bertz CT molecular complexity index is 534. The minimum Gasteiger partial charge on any atom is -0.373 e. The zero-order valence-corrected chi connectivity index (χ0v) is 24.3. The number of rotatable bonds is 23. The van der Waals surface area contributed by atoms with Gasteiger partial charge in [0.05, 0.1) is 47.1 Å². The van der Waals surface area contributed by atoms with Gasteiger partial charge in [0.25, 0.3) is 0 Å². The van der Waals surface area contributed by atoms with Gasteiger partial charge in [0.2, 0.25) is 0 Å². The van der Waals surface area contributed by atoms with Gasteiger partial charge < -0.3 is 18.9 Å². The Balaban J connectivity index is 1.89. The van der Waals surface area contributed by atoms with Crippen molar-refractivity contribution in [2.75, 3.05) is 54.1 Å². The normalized spacial score (nSPS) is 20.7. The van der Waals surface area contributed by atoms with Gasteiger partial charge in [0.1, 0.15) is 19.3 Å². The molecule has 7 nitrogen and oxygen atoms in total. The highest BCUT2D eigenvalue weighted by atomic mass is 31.2. The second-order valence-electron chi connectivity index (χ2n) is 11.3. The highest BCUT2D eigenvalue weighted by Crippen LogP contribution is 2.43. The van der Waals surface area contributed by atoms with Gasteiger partial charge in [-0.1, -0.05) is 103 Å². The van der Waals surface area contributed by atoms with Crippen LogP contribution in [0.15, 0.2) is 0 Å². The van der Waals surface area contributed by atoms with Gasteiger partial charge in [-0.2, -0.15) is 0 Å². The molecule has 0 aromatic carbocycles. The Morgan fingerprint density at radius 3 is 1.66 bits per heavy atom. The molecule has 1 heterocycles. The summed E-state index contributed by atoms with van der Waals surface area (Å²) >= 11 is 0. The predicted octanol–water partition coefficient (Wildman–Crippen LogP) is 6.87. The molecule has 1 aliphatic rings. The summed E-state index contributed by atoms with van der Waals surface area (Å²) in [4.78, 5) is 9.80. The Hall–Kier alpha value is -0.0100. The fourth-order valence-corrected chi connectivity index (χ4v) is 4.98. The number of phosphoric ester groups is 1. The Morgan fingerprint density at radius 2 is 1.20 bits per heavy atom. The summed E-state index contributed by atoms with van der Waals surface area (Å²) in [5.41, 5.74) is 0. The molecule has 1 rings (SSSR count). The predicted molar refractivity (Wildman–Crippen MR) is 144 cm³/mol. The minimum atomic E-state index is -4.05. The molecule has 0 spiro atoms. The largest absolute Gasteiger partial charge is 0.472 e. The number of nitrogens with zero attached hydrogens (tertiary/aromatic N) is 1. The smallest absolute Gasteiger partial charge is 0.373 e. The second kappa shape index (κ2) is 20.0. The zero-order valence-electron chi connectivity index (χ0n) is 23.4. The van der Waals surface area contributed by atoms with Crippen LogP contribution in [0.3, 0.4) is 0 Å². The second-order valence-corrected chi connectivity index (χ2v) is 12.7. The molecule has 8 heteroatoms. The van der Waals surface area contributed by atoms with Gasteiger partial charge >= 0.3 is 7.82 Å². The van der Waals surface area contributed by atoms with Crippen molar-refractivity contribution in [3.05, 3.63) is 0 Å². The van der Waals surface area contributed by atoms with Gasteiger partial charge in [-0.15, -0.1) is 0 Å². The van der Waals surface area contributed by atoms with Gasteiger partial charge in [-0.3, -0.25) is 9.05 Å². The summed E-state index contributed by atoms with van der Waals surface area (Å²) in [6.07, 6.45) is 21.3. The summed E-state index contributed by atoms with van der Waals surface area (Å²) in [5, 5.41) is 0. The summed E-state index contributed by atoms with van der Waals surface area (Å²) in [6, 6.07) is 0. The van der Waals surface area contributed by atoms with Crippen LogP contribution in [0.1, 0.15) is 110 Å². The van der Waals surface area contributed by atoms with Crippen molar-refractivity contribution in [3.63, 3.8) is 0 Å². The zero-order chi connectivity index (χ0) is 25.8. The van der Waals surface area contributed by atoms with Crippen LogP contribution in [0.2, 0.25) is 0 Å². The van der Waals surface area contributed by atoms with Crippen LogP contribution in [0.5, 0.6) is 0 Å². The van der Waals surface area contributed by atoms with Crippen molar-refractivity contribution < 1.29 is 32.5 Å². The topological polar surface area (TPSA) is 74.2 Å². The van der Waals surface area contributed by atoms with Gasteiger partial charge in [-0.05, 0) is 6.42 Å². The van der Waals surface area contributed by atoms with Crippen LogP contribution >= 0.6 is 7.82 Å². The minimum absolute atomic E-state index is 0.00380. The van der Waals surface area contributed by atoms with Crippen molar-refractivity contribution >= 4 is 7.82 Å². The van der Waals surface area contributed by atoms with Crippen LogP contribution < -0.4 is 0 Å². The molecule has 1 N–H and O–H groups in total. The van der Waals surface area contributed by atoms with E-state index in [2.05, 4.69) is 6.92 Å².